The fourth-order valence-corrected chi connectivity index (χ4v) is 6.63. The molecule has 3 heterocycles. The summed E-state index contributed by atoms with van der Waals surface area (Å²) in [7, 11) is 0. The third kappa shape index (κ3) is 7.01. The van der Waals surface area contributed by atoms with E-state index in [0.717, 1.165) is 35.4 Å². The summed E-state index contributed by atoms with van der Waals surface area (Å²) in [5.74, 6) is -0.101. The standard InChI is InChI=1S/C31H39N5O4S/c1-3-23(18-25-17-22(2)32-28-8-5-4-7-27(25)28)24-9-11-26(12-10-24)41-34-31(19-29(37)33-39)20-36(21-31)30(38)35-13-6-15-40-16-14-35/h4-5,7-12,17,23,34,39H,3,6,13-16,18-21H2,1-2H3,(H,33,37). The second-order valence-corrected chi connectivity index (χ2v) is 12.0. The van der Waals surface area contributed by atoms with Crippen LogP contribution in [0, 0.1) is 6.92 Å². The molecule has 1 unspecified atom stereocenters. The minimum absolute atomic E-state index is 0.0329. The first-order chi connectivity index (χ1) is 19.9. The summed E-state index contributed by atoms with van der Waals surface area (Å²) in [6, 6.07) is 19.1. The molecule has 41 heavy (non-hydrogen) atoms. The molecule has 218 valence electrons. The summed E-state index contributed by atoms with van der Waals surface area (Å²) in [6.45, 7) is 7.50. The van der Waals surface area contributed by atoms with Gasteiger partial charge in [0.25, 0.3) is 0 Å². The molecule has 5 rings (SSSR count). The molecular formula is C31H39N5O4S. The zero-order chi connectivity index (χ0) is 28.8. The average Bonchev–Trinajstić information content (AvgIpc) is 3.26. The number of carbonyl (C=O) groups excluding carboxylic acids is 2. The summed E-state index contributed by atoms with van der Waals surface area (Å²) in [5, 5.41) is 10.4. The van der Waals surface area contributed by atoms with Gasteiger partial charge in [-0.2, -0.15) is 0 Å². The Bertz CT molecular complexity index is 1350. The molecule has 0 aliphatic carbocycles. The van der Waals surface area contributed by atoms with Gasteiger partial charge < -0.3 is 14.5 Å². The third-order valence-corrected chi connectivity index (χ3v) is 9.04. The van der Waals surface area contributed by atoms with E-state index in [-0.39, 0.29) is 12.5 Å². The lowest BCUT2D eigenvalue weighted by Crippen LogP contribution is -2.71. The highest BCUT2D eigenvalue weighted by molar-refractivity contribution is 7.97. The zero-order valence-electron chi connectivity index (χ0n) is 23.8. The predicted molar refractivity (Wildman–Crippen MR) is 160 cm³/mol. The number of nitrogens with one attached hydrogen (secondary N) is 2. The van der Waals surface area contributed by atoms with E-state index in [1.54, 1.807) is 10.4 Å². The molecule has 2 saturated heterocycles. The van der Waals surface area contributed by atoms with Gasteiger partial charge in [-0.15, -0.1) is 0 Å². The summed E-state index contributed by atoms with van der Waals surface area (Å²) in [5.41, 5.74) is 5.79. The van der Waals surface area contributed by atoms with Crippen LogP contribution in [0.25, 0.3) is 10.9 Å². The lowest BCUT2D eigenvalue weighted by Gasteiger charge is -2.50. The van der Waals surface area contributed by atoms with Gasteiger partial charge in [0, 0.05) is 48.8 Å². The van der Waals surface area contributed by atoms with Gasteiger partial charge in [0.1, 0.15) is 0 Å². The Morgan fingerprint density at radius 3 is 2.63 bits per heavy atom. The molecule has 9 nitrogen and oxygen atoms in total. The first-order valence-corrected chi connectivity index (χ1v) is 15.1. The van der Waals surface area contributed by atoms with E-state index in [4.69, 9.17) is 14.9 Å². The van der Waals surface area contributed by atoms with Gasteiger partial charge in [0.15, 0.2) is 0 Å². The van der Waals surface area contributed by atoms with Crippen molar-refractivity contribution in [3.63, 3.8) is 0 Å². The van der Waals surface area contributed by atoms with Crippen molar-refractivity contribution in [1.82, 2.24) is 25.0 Å². The summed E-state index contributed by atoms with van der Waals surface area (Å²) in [4.78, 5) is 34.4. The fraction of sp³-hybridized carbons (Fsp3) is 0.452. The summed E-state index contributed by atoms with van der Waals surface area (Å²) >= 11 is 1.45. The second kappa shape index (κ2) is 13.2. The maximum absolute atomic E-state index is 13.0. The number of nitrogens with zero attached hydrogens (tertiary/aromatic N) is 3. The Morgan fingerprint density at radius 2 is 1.88 bits per heavy atom. The van der Waals surface area contributed by atoms with E-state index in [9.17, 15) is 9.59 Å². The van der Waals surface area contributed by atoms with Crippen LogP contribution in [0.5, 0.6) is 0 Å². The lowest BCUT2D eigenvalue weighted by atomic mass is 9.87. The number of benzene rings is 2. The lowest BCUT2D eigenvalue weighted by molar-refractivity contribution is -0.132. The topological polar surface area (TPSA) is 107 Å². The van der Waals surface area contributed by atoms with Gasteiger partial charge in [-0.05, 0) is 79.4 Å². The quantitative estimate of drug-likeness (QED) is 0.193. The molecule has 1 atom stereocenters. The molecule has 0 saturated carbocycles. The molecule has 2 aliphatic rings. The van der Waals surface area contributed by atoms with E-state index >= 15 is 0 Å². The van der Waals surface area contributed by atoms with Gasteiger partial charge in [-0.25, -0.2) is 15.0 Å². The fourth-order valence-electron chi connectivity index (χ4n) is 5.82. The van der Waals surface area contributed by atoms with Crippen LogP contribution in [0.4, 0.5) is 4.79 Å². The SMILES string of the molecule is CCC(Cc1cc(C)nc2ccccc12)c1ccc(SNC2(CC(=O)NO)CN(C(=O)N3CCCOCC3)C2)cc1. The second-order valence-electron chi connectivity index (χ2n) is 11.1. The van der Waals surface area contributed by atoms with E-state index < -0.39 is 11.4 Å². The number of para-hydroxylation sites is 1. The number of hydroxylamine groups is 1. The molecule has 3 N–H and O–H groups in total. The van der Waals surface area contributed by atoms with Crippen molar-refractivity contribution in [2.75, 3.05) is 39.4 Å². The van der Waals surface area contributed by atoms with Crippen LogP contribution < -0.4 is 10.2 Å². The van der Waals surface area contributed by atoms with Crippen molar-refractivity contribution in [3.8, 4) is 0 Å². The molecule has 2 aromatic carbocycles. The van der Waals surface area contributed by atoms with Crippen LogP contribution in [0.1, 0.15) is 48.9 Å². The van der Waals surface area contributed by atoms with Crippen molar-refractivity contribution in [3.05, 3.63) is 71.4 Å². The first kappa shape index (κ1) is 29.3. The van der Waals surface area contributed by atoms with Crippen LogP contribution in [-0.4, -0.2) is 76.9 Å². The monoisotopic (exact) mass is 577 g/mol. The van der Waals surface area contributed by atoms with E-state index in [1.807, 2.05) is 17.9 Å². The molecule has 0 radical (unpaired) electrons. The molecular weight excluding hydrogens is 538 g/mol. The Hall–Kier alpha value is -3.18. The third-order valence-electron chi connectivity index (χ3n) is 8.00. The maximum Gasteiger partial charge on any atom is 0.320 e. The normalized spacial score (nSPS) is 17.5. The number of pyridine rings is 1. The van der Waals surface area contributed by atoms with Gasteiger partial charge in [-0.3, -0.25) is 15.0 Å². The van der Waals surface area contributed by atoms with Crippen molar-refractivity contribution in [2.45, 2.75) is 55.9 Å². The van der Waals surface area contributed by atoms with Crippen LogP contribution in [0.3, 0.4) is 0 Å². The maximum atomic E-state index is 13.0. The van der Waals surface area contributed by atoms with E-state index in [2.05, 4.69) is 60.2 Å². The Labute approximate surface area is 245 Å². The van der Waals surface area contributed by atoms with Crippen molar-refractivity contribution < 1.29 is 19.5 Å². The van der Waals surface area contributed by atoms with Crippen LogP contribution >= 0.6 is 11.9 Å². The molecule has 0 spiro atoms. The Morgan fingerprint density at radius 1 is 1.10 bits per heavy atom. The number of aromatic nitrogens is 1. The molecule has 1 aromatic heterocycles. The van der Waals surface area contributed by atoms with Gasteiger partial charge >= 0.3 is 6.03 Å². The van der Waals surface area contributed by atoms with Gasteiger partial charge in [-0.1, -0.05) is 37.3 Å². The summed E-state index contributed by atoms with van der Waals surface area (Å²) in [6.07, 6.45) is 2.85. The average molecular weight is 578 g/mol. The molecule has 0 bridgehead atoms. The molecule has 2 fully saturated rings. The number of fused-ring (bicyclic) bond motifs is 1. The number of ether oxygens (including phenoxy) is 1. The van der Waals surface area contributed by atoms with Crippen molar-refractivity contribution in [1.29, 1.82) is 0 Å². The Kier molecular flexibility index (Phi) is 9.44. The number of hydrogen-bond acceptors (Lipinski definition) is 7. The molecule has 10 heteroatoms. The molecule has 3 aromatic rings. The number of amides is 3. The first-order valence-electron chi connectivity index (χ1n) is 14.3. The van der Waals surface area contributed by atoms with E-state index in [0.29, 0.717) is 45.3 Å². The number of rotatable bonds is 9. The minimum atomic E-state index is -0.625. The smallest absolute Gasteiger partial charge is 0.320 e. The molecule has 2 aliphatic heterocycles. The minimum Gasteiger partial charge on any atom is -0.380 e. The number of carbonyl (C=O) groups is 2. The largest absolute Gasteiger partial charge is 0.380 e. The highest BCUT2D eigenvalue weighted by Gasteiger charge is 2.47. The summed E-state index contributed by atoms with van der Waals surface area (Å²) < 4.78 is 8.92. The number of urea groups is 1. The van der Waals surface area contributed by atoms with E-state index in [1.165, 1.54) is 28.5 Å². The van der Waals surface area contributed by atoms with Crippen LogP contribution in [0.15, 0.2) is 59.5 Å². The van der Waals surface area contributed by atoms with Gasteiger partial charge in [0.05, 0.1) is 24.1 Å². The number of hydrogen-bond donors (Lipinski definition) is 3. The van der Waals surface area contributed by atoms with Crippen LogP contribution in [0.2, 0.25) is 0 Å². The van der Waals surface area contributed by atoms with Crippen molar-refractivity contribution >= 4 is 34.8 Å². The predicted octanol–water partition coefficient (Wildman–Crippen LogP) is 4.67. The van der Waals surface area contributed by atoms with Crippen molar-refractivity contribution in [2.24, 2.45) is 0 Å². The number of aryl methyl sites for hydroxylation is 1. The Balaban J connectivity index is 1.22. The van der Waals surface area contributed by atoms with Crippen LogP contribution in [-0.2, 0) is 16.0 Å². The highest BCUT2D eigenvalue weighted by atomic mass is 32.2. The number of likely N-dealkylation sites (tertiary alicyclic amines) is 1. The zero-order valence-corrected chi connectivity index (χ0v) is 24.6. The van der Waals surface area contributed by atoms with Gasteiger partial charge in [0.2, 0.25) is 5.91 Å². The highest BCUT2D eigenvalue weighted by Crippen LogP contribution is 2.33. The molecule has 3 amide bonds.